The van der Waals surface area contributed by atoms with Crippen molar-refractivity contribution in [2.45, 2.75) is 44.6 Å². The molecule has 6 heteroatoms. The molecule has 2 aromatic rings. The molecule has 0 unspecified atom stereocenters. The minimum atomic E-state index is -0.188. The van der Waals surface area contributed by atoms with Crippen molar-refractivity contribution in [2.75, 3.05) is 12.4 Å². The van der Waals surface area contributed by atoms with Crippen LogP contribution in [0.25, 0.3) is 0 Å². The number of carbonyl (C=O) groups is 2. The van der Waals surface area contributed by atoms with Crippen LogP contribution >= 0.6 is 11.3 Å². The van der Waals surface area contributed by atoms with E-state index in [-0.39, 0.29) is 30.6 Å². The molecule has 0 saturated heterocycles. The van der Waals surface area contributed by atoms with E-state index in [1.54, 1.807) is 31.4 Å². The van der Waals surface area contributed by atoms with Crippen LogP contribution in [0.3, 0.4) is 0 Å². The number of anilines is 1. The quantitative estimate of drug-likeness (QED) is 0.683. The number of thiophene rings is 1. The summed E-state index contributed by atoms with van der Waals surface area (Å²) in [6.07, 6.45) is 5.02. The Balaban J connectivity index is 1.57. The van der Waals surface area contributed by atoms with E-state index in [0.29, 0.717) is 22.1 Å². The van der Waals surface area contributed by atoms with E-state index in [1.165, 1.54) is 24.2 Å². The Labute approximate surface area is 157 Å². The van der Waals surface area contributed by atoms with Crippen molar-refractivity contribution >= 4 is 28.7 Å². The summed E-state index contributed by atoms with van der Waals surface area (Å²) in [6, 6.07) is 8.97. The van der Waals surface area contributed by atoms with Crippen LogP contribution in [0.2, 0.25) is 0 Å². The maximum absolute atomic E-state index is 12.2. The highest BCUT2D eigenvalue weighted by molar-refractivity contribution is 7.12. The molecule has 1 aliphatic rings. The maximum atomic E-state index is 12.2. The predicted octanol–water partition coefficient (Wildman–Crippen LogP) is 4.68. The van der Waals surface area contributed by atoms with Gasteiger partial charge in [-0.3, -0.25) is 9.59 Å². The summed E-state index contributed by atoms with van der Waals surface area (Å²) in [4.78, 5) is 24.8. The maximum Gasteiger partial charge on any atom is 0.224 e. The Bertz CT molecular complexity index is 751. The molecule has 1 aliphatic carbocycles. The summed E-state index contributed by atoms with van der Waals surface area (Å²) in [5, 5.41) is 4.69. The van der Waals surface area contributed by atoms with E-state index < -0.39 is 0 Å². The molecule has 26 heavy (non-hydrogen) atoms. The first-order chi connectivity index (χ1) is 12.7. The fourth-order valence-corrected chi connectivity index (χ4v) is 3.74. The highest BCUT2D eigenvalue weighted by Gasteiger charge is 2.19. The Morgan fingerprint density at radius 2 is 1.96 bits per heavy atom. The zero-order valence-electron chi connectivity index (χ0n) is 14.8. The van der Waals surface area contributed by atoms with Crippen LogP contribution in [0.15, 0.2) is 35.7 Å². The van der Waals surface area contributed by atoms with Gasteiger partial charge in [0.05, 0.1) is 18.1 Å². The molecule has 1 fully saturated rings. The molecule has 1 heterocycles. The second-order valence-corrected chi connectivity index (χ2v) is 7.29. The number of Topliss-reactive ketones (excluding diaryl/α,β-unsaturated/α-hetero) is 1. The van der Waals surface area contributed by atoms with E-state index in [2.05, 4.69) is 5.32 Å². The van der Waals surface area contributed by atoms with Gasteiger partial charge in [0.15, 0.2) is 17.3 Å². The second kappa shape index (κ2) is 8.85. The van der Waals surface area contributed by atoms with Gasteiger partial charge >= 0.3 is 0 Å². The first-order valence-corrected chi connectivity index (χ1v) is 9.75. The lowest BCUT2D eigenvalue weighted by Crippen LogP contribution is -2.14. The molecule has 0 atom stereocenters. The number of nitrogens with one attached hydrogen (secondary N) is 1. The van der Waals surface area contributed by atoms with Crippen LogP contribution in [0, 0.1) is 0 Å². The van der Waals surface area contributed by atoms with Gasteiger partial charge in [0, 0.05) is 24.6 Å². The number of amides is 1. The number of rotatable bonds is 8. The van der Waals surface area contributed by atoms with Crippen molar-refractivity contribution in [3.63, 3.8) is 0 Å². The van der Waals surface area contributed by atoms with Crippen LogP contribution in [-0.4, -0.2) is 24.9 Å². The topological polar surface area (TPSA) is 64.6 Å². The van der Waals surface area contributed by atoms with Gasteiger partial charge in [0.25, 0.3) is 0 Å². The van der Waals surface area contributed by atoms with Crippen LogP contribution in [0.1, 0.15) is 48.2 Å². The second-order valence-electron chi connectivity index (χ2n) is 6.34. The summed E-state index contributed by atoms with van der Waals surface area (Å²) >= 11 is 1.40. The number of methoxy groups -OCH3 is 1. The zero-order chi connectivity index (χ0) is 18.4. The summed E-state index contributed by atoms with van der Waals surface area (Å²) in [7, 11) is 1.60. The average Bonchev–Trinajstić information content (AvgIpc) is 3.34. The number of hydrogen-bond donors (Lipinski definition) is 1. The monoisotopic (exact) mass is 373 g/mol. The van der Waals surface area contributed by atoms with E-state index in [0.717, 1.165) is 12.8 Å². The largest absolute Gasteiger partial charge is 0.493 e. The van der Waals surface area contributed by atoms with Gasteiger partial charge in [-0.2, -0.15) is 0 Å². The van der Waals surface area contributed by atoms with Crippen LogP contribution in [-0.2, 0) is 4.79 Å². The normalized spacial score (nSPS) is 14.2. The minimum Gasteiger partial charge on any atom is -0.493 e. The SMILES string of the molecule is COc1ccc(NC(=O)CCC(=O)c2cccs2)cc1OC1CCCC1. The lowest BCUT2D eigenvalue weighted by atomic mass is 10.2. The third-order valence-electron chi connectivity index (χ3n) is 4.42. The lowest BCUT2D eigenvalue weighted by molar-refractivity contribution is -0.116. The molecule has 1 aromatic heterocycles. The van der Waals surface area contributed by atoms with E-state index in [9.17, 15) is 9.59 Å². The van der Waals surface area contributed by atoms with Crippen LogP contribution in [0.5, 0.6) is 11.5 Å². The minimum absolute atomic E-state index is 0.00450. The Hall–Kier alpha value is -2.34. The molecule has 1 aromatic carbocycles. The van der Waals surface area contributed by atoms with E-state index in [1.807, 2.05) is 11.4 Å². The van der Waals surface area contributed by atoms with Crippen molar-refractivity contribution in [2.24, 2.45) is 0 Å². The van der Waals surface area contributed by atoms with E-state index in [4.69, 9.17) is 9.47 Å². The number of hydrogen-bond acceptors (Lipinski definition) is 5. The van der Waals surface area contributed by atoms with Crippen molar-refractivity contribution in [1.82, 2.24) is 0 Å². The van der Waals surface area contributed by atoms with Gasteiger partial charge in [-0.05, 0) is 49.3 Å². The molecule has 5 nitrogen and oxygen atoms in total. The van der Waals surface area contributed by atoms with Gasteiger partial charge in [-0.25, -0.2) is 0 Å². The van der Waals surface area contributed by atoms with Gasteiger partial charge in [0.2, 0.25) is 5.91 Å². The summed E-state index contributed by atoms with van der Waals surface area (Å²) in [5.74, 6) is 1.11. The number of carbonyl (C=O) groups excluding carboxylic acids is 2. The van der Waals surface area contributed by atoms with Crippen molar-refractivity contribution in [3.8, 4) is 11.5 Å². The third kappa shape index (κ3) is 4.85. The fourth-order valence-electron chi connectivity index (χ4n) is 3.04. The molecule has 3 rings (SSSR count). The van der Waals surface area contributed by atoms with E-state index >= 15 is 0 Å². The molecule has 1 amide bonds. The number of ketones is 1. The van der Waals surface area contributed by atoms with Gasteiger partial charge in [0.1, 0.15) is 0 Å². The standard InChI is InChI=1S/C20H23NO4S/c1-24-17-10-8-14(13-18(17)25-15-5-2-3-6-15)21-20(23)11-9-16(22)19-7-4-12-26-19/h4,7-8,10,12-13,15H,2-3,5-6,9,11H2,1H3,(H,21,23). The molecule has 0 bridgehead atoms. The molecule has 0 spiro atoms. The van der Waals surface area contributed by atoms with Gasteiger partial charge < -0.3 is 14.8 Å². The highest BCUT2D eigenvalue weighted by atomic mass is 32.1. The molecule has 0 aliphatic heterocycles. The highest BCUT2D eigenvalue weighted by Crippen LogP contribution is 2.34. The van der Waals surface area contributed by atoms with Gasteiger partial charge in [-0.1, -0.05) is 6.07 Å². The summed E-state index contributed by atoms with van der Waals surface area (Å²) in [6.45, 7) is 0. The number of ether oxygens (including phenoxy) is 2. The molecular weight excluding hydrogens is 350 g/mol. The first kappa shape index (κ1) is 18.5. The van der Waals surface area contributed by atoms with Crippen LogP contribution < -0.4 is 14.8 Å². The third-order valence-corrected chi connectivity index (χ3v) is 5.33. The van der Waals surface area contributed by atoms with Crippen molar-refractivity contribution in [3.05, 3.63) is 40.6 Å². The van der Waals surface area contributed by atoms with Crippen molar-refractivity contribution < 1.29 is 19.1 Å². The van der Waals surface area contributed by atoms with Crippen molar-refractivity contribution in [1.29, 1.82) is 0 Å². The van der Waals surface area contributed by atoms with Gasteiger partial charge in [-0.15, -0.1) is 11.3 Å². The molecule has 0 radical (unpaired) electrons. The smallest absolute Gasteiger partial charge is 0.224 e. The zero-order valence-corrected chi connectivity index (χ0v) is 15.6. The number of benzene rings is 1. The predicted molar refractivity (Wildman–Crippen MR) is 102 cm³/mol. The average molecular weight is 373 g/mol. The summed E-state index contributed by atoms with van der Waals surface area (Å²) < 4.78 is 11.4. The molecule has 1 saturated carbocycles. The molecule has 138 valence electrons. The Morgan fingerprint density at radius 1 is 1.15 bits per heavy atom. The molecule has 1 N–H and O–H groups in total. The summed E-state index contributed by atoms with van der Waals surface area (Å²) in [5.41, 5.74) is 0.646. The molecular formula is C20H23NO4S. The Kier molecular flexibility index (Phi) is 6.28. The first-order valence-electron chi connectivity index (χ1n) is 8.87. The lowest BCUT2D eigenvalue weighted by Gasteiger charge is -2.17. The fraction of sp³-hybridized carbons (Fsp3) is 0.400. The Morgan fingerprint density at radius 3 is 2.65 bits per heavy atom. The van der Waals surface area contributed by atoms with Crippen LogP contribution in [0.4, 0.5) is 5.69 Å².